The first-order valence-electron chi connectivity index (χ1n) is 8.31. The lowest BCUT2D eigenvalue weighted by molar-refractivity contribution is 0.593. The Morgan fingerprint density at radius 1 is 1.00 bits per heavy atom. The molecule has 1 heterocycles. The van der Waals surface area contributed by atoms with Gasteiger partial charge in [0.25, 0.3) is 0 Å². The quantitative estimate of drug-likeness (QED) is 0.371. The lowest BCUT2D eigenvalue weighted by Crippen LogP contribution is -1.82. The van der Waals surface area contributed by atoms with Crippen molar-refractivity contribution in [3.63, 3.8) is 0 Å². The number of rotatable bonds is 4. The highest BCUT2D eigenvalue weighted by Gasteiger charge is 2.12. The van der Waals surface area contributed by atoms with Crippen molar-refractivity contribution in [3.05, 3.63) is 89.2 Å². The minimum absolute atomic E-state index is 0.256. The van der Waals surface area contributed by atoms with Crippen LogP contribution in [0.2, 0.25) is 5.02 Å². The number of hydrogen-bond acceptors (Lipinski definition) is 3. The summed E-state index contributed by atoms with van der Waals surface area (Å²) in [4.78, 5) is 8.77. The van der Waals surface area contributed by atoms with Gasteiger partial charge < -0.3 is 4.42 Å². The molecule has 0 unspecified atom stereocenters. The summed E-state index contributed by atoms with van der Waals surface area (Å²) >= 11 is 5.87. The molecule has 4 rings (SSSR count). The summed E-state index contributed by atoms with van der Waals surface area (Å²) in [6.45, 7) is 0. The molecule has 0 saturated heterocycles. The van der Waals surface area contributed by atoms with Crippen LogP contribution in [0.25, 0.3) is 28.6 Å². The third kappa shape index (κ3) is 3.96. The van der Waals surface area contributed by atoms with Crippen LogP contribution >= 0.6 is 11.6 Å². The van der Waals surface area contributed by atoms with Gasteiger partial charge in [0.05, 0.1) is 11.3 Å². The zero-order valence-electron chi connectivity index (χ0n) is 14.1. The van der Waals surface area contributed by atoms with E-state index in [0.717, 1.165) is 11.3 Å². The molecule has 0 atom stereocenters. The first-order valence-corrected chi connectivity index (χ1v) is 8.69. The van der Waals surface area contributed by atoms with Crippen LogP contribution < -0.4 is 0 Å². The molecule has 0 amide bonds. The number of benzene rings is 3. The molecule has 27 heavy (non-hydrogen) atoms. The molecule has 0 fully saturated rings. The van der Waals surface area contributed by atoms with Gasteiger partial charge in [-0.3, -0.25) is 4.99 Å². The number of fused-ring (bicyclic) bond motifs is 1. The minimum atomic E-state index is -0.366. The molecule has 5 heteroatoms. The van der Waals surface area contributed by atoms with Crippen molar-refractivity contribution in [3.8, 4) is 11.5 Å². The monoisotopic (exact) mass is 376 g/mol. The van der Waals surface area contributed by atoms with Gasteiger partial charge in [0.1, 0.15) is 11.3 Å². The van der Waals surface area contributed by atoms with E-state index < -0.39 is 0 Å². The molecule has 0 aliphatic rings. The molecule has 132 valence electrons. The fourth-order valence-corrected chi connectivity index (χ4v) is 2.73. The molecular weight excluding hydrogens is 363 g/mol. The second-order valence-electron chi connectivity index (χ2n) is 5.84. The molecule has 0 bridgehead atoms. The Morgan fingerprint density at radius 2 is 1.81 bits per heavy atom. The van der Waals surface area contributed by atoms with Gasteiger partial charge in [-0.1, -0.05) is 41.9 Å². The molecule has 4 aromatic rings. The van der Waals surface area contributed by atoms with E-state index in [-0.39, 0.29) is 11.7 Å². The van der Waals surface area contributed by atoms with Gasteiger partial charge in [-0.25, -0.2) is 9.37 Å². The van der Waals surface area contributed by atoms with Crippen molar-refractivity contribution in [2.24, 2.45) is 4.99 Å². The Kier molecular flexibility index (Phi) is 4.81. The average molecular weight is 377 g/mol. The summed E-state index contributed by atoms with van der Waals surface area (Å²) in [6.07, 6.45) is 5.49. The third-order valence-corrected chi connectivity index (χ3v) is 4.20. The fraction of sp³-hybridized carbons (Fsp3) is 0. The highest BCUT2D eigenvalue weighted by Crippen LogP contribution is 2.28. The Hall–Kier alpha value is -3.24. The van der Waals surface area contributed by atoms with Crippen molar-refractivity contribution in [2.75, 3.05) is 0 Å². The van der Waals surface area contributed by atoms with E-state index in [1.165, 1.54) is 6.07 Å². The highest BCUT2D eigenvalue weighted by molar-refractivity contribution is 6.30. The number of aliphatic imine (C=N–C) groups is 1. The standard InChI is InChI=1S/C22H14ClFN2O/c23-16-9-7-15(8-10-16)4-3-13-25-17-11-12-21-20(14-17)26-22(27-21)18-5-1-2-6-19(18)24/h1-14H. The number of allylic oxidation sites excluding steroid dienone is 1. The SMILES string of the molecule is Fc1ccccc1-c1nc2cc(N=CC=Cc3ccc(Cl)cc3)ccc2o1. The first-order chi connectivity index (χ1) is 13.2. The van der Waals surface area contributed by atoms with E-state index in [1.807, 2.05) is 42.5 Å². The lowest BCUT2D eigenvalue weighted by Gasteiger charge is -1.95. The maximum atomic E-state index is 13.9. The van der Waals surface area contributed by atoms with Gasteiger partial charge in [0.15, 0.2) is 5.58 Å². The molecule has 0 aliphatic carbocycles. The van der Waals surface area contributed by atoms with Crippen LogP contribution in [0.4, 0.5) is 10.1 Å². The van der Waals surface area contributed by atoms with E-state index in [9.17, 15) is 4.39 Å². The van der Waals surface area contributed by atoms with Gasteiger partial charge in [0.2, 0.25) is 5.89 Å². The number of aromatic nitrogens is 1. The van der Waals surface area contributed by atoms with E-state index in [1.54, 1.807) is 36.5 Å². The van der Waals surface area contributed by atoms with Crippen LogP contribution in [0.5, 0.6) is 0 Å². The van der Waals surface area contributed by atoms with Crippen LogP contribution in [-0.2, 0) is 0 Å². The van der Waals surface area contributed by atoms with Crippen molar-refractivity contribution in [2.45, 2.75) is 0 Å². The van der Waals surface area contributed by atoms with E-state index >= 15 is 0 Å². The lowest BCUT2D eigenvalue weighted by atomic mass is 10.2. The minimum Gasteiger partial charge on any atom is -0.436 e. The van der Waals surface area contributed by atoms with Crippen LogP contribution in [0.1, 0.15) is 5.56 Å². The first kappa shape index (κ1) is 17.2. The van der Waals surface area contributed by atoms with Crippen molar-refractivity contribution >= 4 is 40.7 Å². The smallest absolute Gasteiger partial charge is 0.230 e. The predicted molar refractivity (Wildman–Crippen MR) is 108 cm³/mol. The Bertz CT molecular complexity index is 1150. The maximum Gasteiger partial charge on any atom is 0.230 e. The van der Waals surface area contributed by atoms with Gasteiger partial charge in [-0.05, 0) is 54.1 Å². The van der Waals surface area contributed by atoms with Crippen LogP contribution in [0.3, 0.4) is 0 Å². The maximum absolute atomic E-state index is 13.9. The second kappa shape index (κ2) is 7.56. The Labute approximate surface area is 160 Å². The number of nitrogens with zero attached hydrogens (tertiary/aromatic N) is 2. The van der Waals surface area contributed by atoms with Crippen LogP contribution in [0.15, 0.2) is 82.2 Å². The van der Waals surface area contributed by atoms with Gasteiger partial charge in [0, 0.05) is 11.2 Å². The molecule has 3 aromatic carbocycles. The molecule has 0 saturated carbocycles. The number of hydrogen-bond donors (Lipinski definition) is 0. The zero-order chi connectivity index (χ0) is 18.6. The summed E-state index contributed by atoms with van der Waals surface area (Å²) in [5, 5.41) is 0.705. The van der Waals surface area contributed by atoms with Gasteiger partial charge in [-0.2, -0.15) is 0 Å². The summed E-state index contributed by atoms with van der Waals surface area (Å²) in [7, 11) is 0. The summed E-state index contributed by atoms with van der Waals surface area (Å²) in [6, 6.07) is 19.3. The van der Waals surface area contributed by atoms with Crippen molar-refractivity contribution in [1.29, 1.82) is 0 Å². The van der Waals surface area contributed by atoms with Gasteiger partial charge in [-0.15, -0.1) is 0 Å². The van der Waals surface area contributed by atoms with Gasteiger partial charge >= 0.3 is 0 Å². The number of oxazole rings is 1. The molecule has 3 nitrogen and oxygen atoms in total. The highest BCUT2D eigenvalue weighted by atomic mass is 35.5. The fourth-order valence-electron chi connectivity index (χ4n) is 2.60. The molecule has 0 radical (unpaired) electrons. The van der Waals surface area contributed by atoms with Crippen molar-refractivity contribution in [1.82, 2.24) is 4.98 Å². The van der Waals surface area contributed by atoms with E-state index in [4.69, 9.17) is 16.0 Å². The van der Waals surface area contributed by atoms with Crippen molar-refractivity contribution < 1.29 is 8.81 Å². The van der Waals surface area contributed by atoms with E-state index in [2.05, 4.69) is 9.98 Å². The summed E-state index contributed by atoms with van der Waals surface area (Å²) in [5.41, 5.74) is 3.32. The van der Waals surface area contributed by atoms with E-state index in [0.29, 0.717) is 21.7 Å². The largest absolute Gasteiger partial charge is 0.436 e. The second-order valence-corrected chi connectivity index (χ2v) is 6.28. The molecular formula is C22H14ClFN2O. The molecule has 0 N–H and O–H groups in total. The predicted octanol–water partition coefficient (Wildman–Crippen LogP) is 6.70. The third-order valence-electron chi connectivity index (χ3n) is 3.94. The molecule has 0 spiro atoms. The normalized spacial score (nSPS) is 11.8. The van der Waals surface area contributed by atoms with Crippen LogP contribution in [0, 0.1) is 5.82 Å². The zero-order valence-corrected chi connectivity index (χ0v) is 14.9. The Morgan fingerprint density at radius 3 is 2.63 bits per heavy atom. The molecule has 0 aliphatic heterocycles. The number of halogens is 2. The topological polar surface area (TPSA) is 38.4 Å². The molecule has 1 aromatic heterocycles. The van der Waals surface area contributed by atoms with Crippen LogP contribution in [-0.4, -0.2) is 11.2 Å². The Balaban J connectivity index is 1.55. The average Bonchev–Trinajstić information content (AvgIpc) is 3.10. The summed E-state index contributed by atoms with van der Waals surface area (Å²) in [5.74, 6) is -0.110. The summed E-state index contributed by atoms with van der Waals surface area (Å²) < 4.78 is 19.6.